The molecular formula is C8H18N. The summed E-state index contributed by atoms with van der Waals surface area (Å²) in [5.74, 6) is 0. The lowest BCUT2D eigenvalue weighted by Gasteiger charge is -1.99. The summed E-state index contributed by atoms with van der Waals surface area (Å²) in [6, 6.07) is 0. The maximum atomic E-state index is 3.31. The van der Waals surface area contributed by atoms with Crippen LogP contribution in [-0.2, 0) is 0 Å². The highest BCUT2D eigenvalue weighted by molar-refractivity contribution is 4.59. The van der Waals surface area contributed by atoms with Crippen molar-refractivity contribution in [1.82, 2.24) is 5.32 Å². The van der Waals surface area contributed by atoms with Crippen LogP contribution < -0.4 is 5.32 Å². The molecule has 0 aliphatic heterocycles. The molecule has 0 aliphatic carbocycles. The molecule has 0 bridgehead atoms. The zero-order chi connectivity index (χ0) is 6.95. The Labute approximate surface area is 58.8 Å². The van der Waals surface area contributed by atoms with Gasteiger partial charge in [0.15, 0.2) is 0 Å². The first kappa shape index (κ1) is 8.96. The van der Waals surface area contributed by atoms with E-state index in [4.69, 9.17) is 0 Å². The molecular weight excluding hydrogens is 110 g/mol. The normalized spacial score (nSPS) is 10.0. The van der Waals surface area contributed by atoms with E-state index in [9.17, 15) is 0 Å². The summed E-state index contributed by atoms with van der Waals surface area (Å²) in [6.45, 7) is 6.54. The number of hydrogen-bond acceptors (Lipinski definition) is 1. The van der Waals surface area contributed by atoms with Crippen molar-refractivity contribution in [2.75, 3.05) is 13.1 Å². The van der Waals surface area contributed by atoms with Crippen molar-refractivity contribution in [3.63, 3.8) is 0 Å². The highest BCUT2D eigenvalue weighted by Crippen LogP contribution is 1.90. The number of hydrogen-bond donors (Lipinski definition) is 1. The Morgan fingerprint density at radius 3 is 2.67 bits per heavy atom. The Hall–Kier alpha value is -0.0400. The average molecular weight is 128 g/mol. The molecule has 0 saturated carbocycles. The standard InChI is InChI=1S/C8H18N/c1-3-5-6-8-9-7-4-2/h4,9H,3,5-8H2,1-2H3. The van der Waals surface area contributed by atoms with Gasteiger partial charge in [0.05, 0.1) is 0 Å². The van der Waals surface area contributed by atoms with Crippen molar-refractivity contribution < 1.29 is 0 Å². The van der Waals surface area contributed by atoms with Crippen LogP contribution in [0.15, 0.2) is 0 Å². The lowest BCUT2D eigenvalue weighted by Crippen LogP contribution is -2.15. The fourth-order valence-corrected chi connectivity index (χ4v) is 0.746. The SMILES string of the molecule is C[CH]CNCCCCC. The van der Waals surface area contributed by atoms with Crippen LogP contribution >= 0.6 is 0 Å². The zero-order valence-corrected chi connectivity index (χ0v) is 6.61. The highest BCUT2D eigenvalue weighted by atomic mass is 14.8. The lowest BCUT2D eigenvalue weighted by molar-refractivity contribution is 0.638. The maximum absolute atomic E-state index is 3.31. The Morgan fingerprint density at radius 1 is 1.33 bits per heavy atom. The number of rotatable bonds is 6. The molecule has 9 heavy (non-hydrogen) atoms. The highest BCUT2D eigenvalue weighted by Gasteiger charge is 1.83. The molecule has 1 heteroatoms. The van der Waals surface area contributed by atoms with E-state index in [0.29, 0.717) is 0 Å². The van der Waals surface area contributed by atoms with Gasteiger partial charge in [-0.05, 0) is 25.9 Å². The van der Waals surface area contributed by atoms with Crippen molar-refractivity contribution in [3.05, 3.63) is 6.42 Å². The van der Waals surface area contributed by atoms with Crippen LogP contribution in [0.2, 0.25) is 0 Å². The van der Waals surface area contributed by atoms with E-state index in [1.54, 1.807) is 0 Å². The monoisotopic (exact) mass is 128 g/mol. The van der Waals surface area contributed by atoms with Gasteiger partial charge in [-0.25, -0.2) is 0 Å². The minimum absolute atomic E-state index is 1.06. The molecule has 1 N–H and O–H groups in total. The van der Waals surface area contributed by atoms with Gasteiger partial charge in [0.2, 0.25) is 0 Å². The number of unbranched alkanes of at least 4 members (excludes halogenated alkanes) is 2. The first-order chi connectivity index (χ1) is 4.41. The van der Waals surface area contributed by atoms with Gasteiger partial charge in [-0.1, -0.05) is 26.7 Å². The summed E-state index contributed by atoms with van der Waals surface area (Å²) >= 11 is 0. The molecule has 0 aromatic heterocycles. The Balaban J connectivity index is 2.60. The third kappa shape index (κ3) is 7.96. The van der Waals surface area contributed by atoms with Crippen LogP contribution in [0, 0.1) is 6.42 Å². The molecule has 0 atom stereocenters. The molecule has 0 aliphatic rings. The summed E-state index contributed by atoms with van der Waals surface area (Å²) < 4.78 is 0. The Kier molecular flexibility index (Phi) is 7.92. The quantitative estimate of drug-likeness (QED) is 0.539. The van der Waals surface area contributed by atoms with E-state index in [0.717, 1.165) is 6.54 Å². The first-order valence-electron chi connectivity index (χ1n) is 3.90. The average Bonchev–Trinajstić information content (AvgIpc) is 1.89. The first-order valence-corrected chi connectivity index (χ1v) is 3.90. The third-order valence-corrected chi connectivity index (χ3v) is 1.31. The Morgan fingerprint density at radius 2 is 2.11 bits per heavy atom. The molecule has 0 rings (SSSR count). The number of nitrogens with one attached hydrogen (secondary N) is 1. The van der Waals surface area contributed by atoms with Crippen LogP contribution in [0.25, 0.3) is 0 Å². The second-order valence-electron chi connectivity index (χ2n) is 2.32. The van der Waals surface area contributed by atoms with Crippen LogP contribution in [0.4, 0.5) is 0 Å². The third-order valence-electron chi connectivity index (χ3n) is 1.31. The van der Waals surface area contributed by atoms with E-state index in [1.807, 2.05) is 0 Å². The summed E-state index contributed by atoms with van der Waals surface area (Å²) in [5, 5.41) is 3.31. The molecule has 1 radical (unpaired) electrons. The lowest BCUT2D eigenvalue weighted by atomic mass is 10.2. The topological polar surface area (TPSA) is 12.0 Å². The second kappa shape index (κ2) is 7.96. The van der Waals surface area contributed by atoms with E-state index in [2.05, 4.69) is 25.6 Å². The van der Waals surface area contributed by atoms with Crippen molar-refractivity contribution >= 4 is 0 Å². The van der Waals surface area contributed by atoms with E-state index >= 15 is 0 Å². The van der Waals surface area contributed by atoms with Crippen molar-refractivity contribution in [2.24, 2.45) is 0 Å². The molecule has 0 unspecified atom stereocenters. The van der Waals surface area contributed by atoms with Crippen LogP contribution in [0.5, 0.6) is 0 Å². The largest absolute Gasteiger partial charge is 0.316 e. The summed E-state index contributed by atoms with van der Waals surface area (Å²) in [5.41, 5.74) is 0. The summed E-state index contributed by atoms with van der Waals surface area (Å²) in [7, 11) is 0. The fraction of sp³-hybridized carbons (Fsp3) is 0.875. The van der Waals surface area contributed by atoms with Gasteiger partial charge in [-0.15, -0.1) is 0 Å². The summed E-state index contributed by atoms with van der Waals surface area (Å²) in [6.07, 6.45) is 6.14. The van der Waals surface area contributed by atoms with Gasteiger partial charge in [0.1, 0.15) is 0 Å². The van der Waals surface area contributed by atoms with Crippen LogP contribution in [0.1, 0.15) is 33.1 Å². The molecule has 1 nitrogen and oxygen atoms in total. The van der Waals surface area contributed by atoms with Gasteiger partial charge in [-0.2, -0.15) is 0 Å². The minimum atomic E-state index is 1.06. The van der Waals surface area contributed by atoms with Crippen LogP contribution in [-0.4, -0.2) is 13.1 Å². The predicted octanol–water partition coefficient (Wildman–Crippen LogP) is 1.99. The summed E-state index contributed by atoms with van der Waals surface area (Å²) in [4.78, 5) is 0. The maximum Gasteiger partial charge on any atom is -0.00201 e. The molecule has 0 spiro atoms. The molecule has 55 valence electrons. The molecule has 0 heterocycles. The fourth-order valence-electron chi connectivity index (χ4n) is 0.746. The zero-order valence-electron chi connectivity index (χ0n) is 6.61. The van der Waals surface area contributed by atoms with E-state index < -0.39 is 0 Å². The predicted molar refractivity (Wildman–Crippen MR) is 42.4 cm³/mol. The van der Waals surface area contributed by atoms with Gasteiger partial charge in [0.25, 0.3) is 0 Å². The molecule has 0 saturated heterocycles. The Bertz CT molecular complexity index is 37.8. The van der Waals surface area contributed by atoms with Crippen molar-refractivity contribution in [1.29, 1.82) is 0 Å². The molecule has 0 fully saturated rings. The second-order valence-corrected chi connectivity index (χ2v) is 2.32. The van der Waals surface area contributed by atoms with E-state index in [-0.39, 0.29) is 0 Å². The van der Waals surface area contributed by atoms with E-state index in [1.165, 1.54) is 25.8 Å². The molecule has 0 aromatic rings. The molecule has 0 aromatic carbocycles. The van der Waals surface area contributed by atoms with Crippen LogP contribution in [0.3, 0.4) is 0 Å². The van der Waals surface area contributed by atoms with Gasteiger partial charge in [-0.3, -0.25) is 0 Å². The smallest absolute Gasteiger partial charge is 0.00201 e. The molecule has 0 amide bonds. The van der Waals surface area contributed by atoms with Crippen molar-refractivity contribution in [2.45, 2.75) is 33.1 Å². The van der Waals surface area contributed by atoms with Gasteiger partial charge < -0.3 is 5.32 Å². The van der Waals surface area contributed by atoms with Gasteiger partial charge in [0, 0.05) is 0 Å². The minimum Gasteiger partial charge on any atom is -0.316 e. The van der Waals surface area contributed by atoms with Crippen molar-refractivity contribution in [3.8, 4) is 0 Å². The van der Waals surface area contributed by atoms with Gasteiger partial charge >= 0.3 is 0 Å².